The number of carbonyl (C=O) groups is 1. The van der Waals surface area contributed by atoms with Crippen molar-refractivity contribution in [3.05, 3.63) is 95.1 Å². The molecule has 3 nitrogen and oxygen atoms in total. The topological polar surface area (TPSA) is 38.3 Å². The third kappa shape index (κ3) is 3.16. The van der Waals surface area contributed by atoms with Crippen molar-refractivity contribution in [1.29, 1.82) is 0 Å². The molecule has 0 saturated heterocycles. The number of hydrogen-bond acceptors (Lipinski definition) is 2. The van der Waals surface area contributed by atoms with Gasteiger partial charge in [-0.05, 0) is 36.8 Å². The maximum absolute atomic E-state index is 13.5. The van der Waals surface area contributed by atoms with E-state index in [2.05, 4.69) is 5.32 Å². The quantitative estimate of drug-likeness (QED) is 0.703. The van der Waals surface area contributed by atoms with E-state index < -0.39 is 23.6 Å². The molecule has 1 N–H and O–H groups in total. The molecule has 0 bridgehead atoms. The fourth-order valence-corrected chi connectivity index (χ4v) is 3.35. The van der Waals surface area contributed by atoms with Crippen LogP contribution in [0.5, 0.6) is 11.5 Å². The van der Waals surface area contributed by atoms with E-state index >= 15 is 0 Å². The Labute approximate surface area is 155 Å². The van der Waals surface area contributed by atoms with Crippen LogP contribution in [0, 0.1) is 11.6 Å². The zero-order chi connectivity index (χ0) is 19.0. The molecule has 0 aromatic heterocycles. The fourth-order valence-electron chi connectivity index (χ4n) is 3.35. The number of hydrogen-bond donors (Lipinski definition) is 1. The zero-order valence-electron chi connectivity index (χ0n) is 14.6. The van der Waals surface area contributed by atoms with Crippen molar-refractivity contribution in [1.82, 2.24) is 5.32 Å². The summed E-state index contributed by atoms with van der Waals surface area (Å²) in [6.07, 6.45) is 0. The van der Waals surface area contributed by atoms with Gasteiger partial charge in [0.1, 0.15) is 11.5 Å². The Bertz CT molecular complexity index is 973. The van der Waals surface area contributed by atoms with E-state index in [1.54, 1.807) is 6.92 Å². The average molecular weight is 365 g/mol. The molecule has 1 aliphatic heterocycles. The normalized spacial score (nSPS) is 13.9. The number of amides is 1. The van der Waals surface area contributed by atoms with E-state index in [9.17, 15) is 13.6 Å². The molecular formula is C22H17F2NO2. The van der Waals surface area contributed by atoms with Gasteiger partial charge < -0.3 is 10.1 Å². The second-order valence-electron chi connectivity index (χ2n) is 6.51. The van der Waals surface area contributed by atoms with Crippen LogP contribution < -0.4 is 10.1 Å². The predicted octanol–water partition coefficient (Wildman–Crippen LogP) is 5.08. The lowest BCUT2D eigenvalue weighted by Gasteiger charge is -2.28. The Morgan fingerprint density at radius 1 is 0.926 bits per heavy atom. The standard InChI is InChI=1S/C22H17F2NO2/c1-13(14-10-11-17(23)18(24)12-14)25-22(26)21-15-6-2-4-8-19(15)27-20-9-5-3-7-16(20)21/h2-13,21H,1H3,(H,25,26)/t13-/m1/s1. The van der Waals surface area contributed by atoms with E-state index in [1.165, 1.54) is 6.07 Å². The van der Waals surface area contributed by atoms with Crippen LogP contribution in [0.4, 0.5) is 8.78 Å². The Hall–Kier alpha value is -3.21. The van der Waals surface area contributed by atoms with Crippen LogP contribution in [-0.2, 0) is 4.79 Å². The van der Waals surface area contributed by atoms with Crippen LogP contribution in [0.15, 0.2) is 66.7 Å². The number of rotatable bonds is 3. The van der Waals surface area contributed by atoms with Gasteiger partial charge in [-0.15, -0.1) is 0 Å². The first kappa shape index (κ1) is 17.2. The van der Waals surface area contributed by atoms with Gasteiger partial charge in [-0.1, -0.05) is 42.5 Å². The van der Waals surface area contributed by atoms with E-state index in [1.807, 2.05) is 48.5 Å². The summed E-state index contributed by atoms with van der Waals surface area (Å²) < 4.78 is 32.6. The lowest BCUT2D eigenvalue weighted by atomic mass is 9.87. The molecule has 1 aliphatic rings. The van der Waals surface area contributed by atoms with Crippen molar-refractivity contribution in [3.63, 3.8) is 0 Å². The van der Waals surface area contributed by atoms with E-state index in [-0.39, 0.29) is 5.91 Å². The third-order valence-electron chi connectivity index (χ3n) is 4.74. The molecule has 0 radical (unpaired) electrons. The minimum absolute atomic E-state index is 0.226. The zero-order valence-corrected chi connectivity index (χ0v) is 14.6. The second kappa shape index (κ2) is 6.83. The molecule has 0 saturated carbocycles. The highest BCUT2D eigenvalue weighted by Crippen LogP contribution is 2.44. The molecule has 0 spiro atoms. The summed E-state index contributed by atoms with van der Waals surface area (Å²) in [5, 5.41) is 2.91. The fraction of sp³-hybridized carbons (Fsp3) is 0.136. The lowest BCUT2D eigenvalue weighted by molar-refractivity contribution is -0.122. The van der Waals surface area contributed by atoms with Crippen LogP contribution in [0.1, 0.15) is 35.6 Å². The summed E-state index contributed by atoms with van der Waals surface area (Å²) in [5.41, 5.74) is 2.04. The maximum atomic E-state index is 13.5. The van der Waals surface area contributed by atoms with Gasteiger partial charge in [-0.2, -0.15) is 0 Å². The maximum Gasteiger partial charge on any atom is 0.232 e. The van der Waals surface area contributed by atoms with Gasteiger partial charge in [0.05, 0.1) is 12.0 Å². The van der Waals surface area contributed by atoms with Crippen LogP contribution >= 0.6 is 0 Å². The summed E-state index contributed by atoms with van der Waals surface area (Å²) in [7, 11) is 0. The highest BCUT2D eigenvalue weighted by Gasteiger charge is 2.33. The molecule has 3 aromatic carbocycles. The molecule has 4 rings (SSSR count). The number of benzene rings is 3. The molecule has 0 unspecified atom stereocenters. The summed E-state index contributed by atoms with van der Waals surface area (Å²) >= 11 is 0. The first-order chi connectivity index (χ1) is 13.0. The van der Waals surface area contributed by atoms with Gasteiger partial charge in [0.25, 0.3) is 0 Å². The molecule has 5 heteroatoms. The molecule has 1 heterocycles. The summed E-state index contributed by atoms with van der Waals surface area (Å²) in [4.78, 5) is 13.1. The number of carbonyl (C=O) groups excluding carboxylic acids is 1. The summed E-state index contributed by atoms with van der Waals surface area (Å²) in [5.74, 6) is -1.34. The number of fused-ring (bicyclic) bond motifs is 2. The van der Waals surface area contributed by atoms with Gasteiger partial charge in [-0.25, -0.2) is 8.78 Å². The summed E-state index contributed by atoms with van der Waals surface area (Å²) in [6, 6.07) is 17.9. The minimum atomic E-state index is -0.935. The predicted molar refractivity (Wildman–Crippen MR) is 97.7 cm³/mol. The molecule has 27 heavy (non-hydrogen) atoms. The van der Waals surface area contributed by atoms with E-state index in [0.29, 0.717) is 17.1 Å². The van der Waals surface area contributed by atoms with Crippen LogP contribution in [0.2, 0.25) is 0 Å². The Balaban J connectivity index is 1.66. The van der Waals surface area contributed by atoms with Gasteiger partial charge in [-0.3, -0.25) is 4.79 Å². The van der Waals surface area contributed by atoms with Crippen molar-refractivity contribution in [3.8, 4) is 11.5 Å². The van der Waals surface area contributed by atoms with Crippen molar-refractivity contribution in [2.24, 2.45) is 0 Å². The first-order valence-electron chi connectivity index (χ1n) is 8.65. The van der Waals surface area contributed by atoms with Crippen LogP contribution in [-0.4, -0.2) is 5.91 Å². The van der Waals surface area contributed by atoms with Crippen molar-refractivity contribution >= 4 is 5.91 Å². The number of halogens is 2. The Morgan fingerprint density at radius 3 is 2.11 bits per heavy atom. The van der Waals surface area contributed by atoms with Gasteiger partial charge in [0.2, 0.25) is 5.91 Å². The molecular weight excluding hydrogens is 348 g/mol. The SMILES string of the molecule is C[C@@H](NC(=O)C1c2ccccc2Oc2ccccc21)c1ccc(F)c(F)c1. The molecule has 0 aliphatic carbocycles. The molecule has 3 aromatic rings. The van der Waals surface area contributed by atoms with Crippen molar-refractivity contribution in [2.75, 3.05) is 0 Å². The average Bonchev–Trinajstić information content (AvgIpc) is 2.67. The van der Waals surface area contributed by atoms with Gasteiger partial charge in [0.15, 0.2) is 11.6 Å². The Morgan fingerprint density at radius 2 is 1.52 bits per heavy atom. The molecule has 0 fully saturated rings. The number of para-hydroxylation sites is 2. The first-order valence-corrected chi connectivity index (χ1v) is 8.65. The number of ether oxygens (including phenoxy) is 1. The second-order valence-corrected chi connectivity index (χ2v) is 6.51. The van der Waals surface area contributed by atoms with Crippen molar-refractivity contribution < 1.29 is 18.3 Å². The molecule has 1 atom stereocenters. The highest BCUT2D eigenvalue weighted by molar-refractivity contribution is 5.89. The van der Waals surface area contributed by atoms with E-state index in [4.69, 9.17) is 4.74 Å². The van der Waals surface area contributed by atoms with Gasteiger partial charge >= 0.3 is 0 Å². The molecule has 1 amide bonds. The highest BCUT2D eigenvalue weighted by atomic mass is 19.2. The van der Waals surface area contributed by atoms with Crippen LogP contribution in [0.3, 0.4) is 0 Å². The van der Waals surface area contributed by atoms with Crippen molar-refractivity contribution in [2.45, 2.75) is 18.9 Å². The monoisotopic (exact) mass is 365 g/mol. The largest absolute Gasteiger partial charge is 0.457 e. The number of nitrogens with one attached hydrogen (secondary N) is 1. The minimum Gasteiger partial charge on any atom is -0.457 e. The molecule has 136 valence electrons. The van der Waals surface area contributed by atoms with Crippen LogP contribution in [0.25, 0.3) is 0 Å². The smallest absolute Gasteiger partial charge is 0.232 e. The van der Waals surface area contributed by atoms with E-state index in [0.717, 1.165) is 23.3 Å². The third-order valence-corrected chi connectivity index (χ3v) is 4.74. The van der Waals surface area contributed by atoms with Gasteiger partial charge in [0, 0.05) is 11.1 Å². The summed E-state index contributed by atoms with van der Waals surface area (Å²) in [6.45, 7) is 1.74. The Kier molecular flexibility index (Phi) is 4.36. The lowest BCUT2D eigenvalue weighted by Crippen LogP contribution is -2.33.